The maximum atomic E-state index is 13.0. The smallest absolute Gasteiger partial charge is 0.341 e. The molecule has 34 heavy (non-hydrogen) atoms. The van der Waals surface area contributed by atoms with Gasteiger partial charge in [-0.15, -0.1) is 11.3 Å². The van der Waals surface area contributed by atoms with Gasteiger partial charge in [-0.25, -0.2) is 9.59 Å². The van der Waals surface area contributed by atoms with Crippen molar-refractivity contribution in [1.82, 2.24) is 9.55 Å². The highest BCUT2D eigenvalue weighted by molar-refractivity contribution is 7.16. The number of nitrogen functional groups attached to an aromatic ring is 1. The summed E-state index contributed by atoms with van der Waals surface area (Å²) in [6.07, 6.45) is 0.704. The minimum absolute atomic E-state index is 0.0208. The molecule has 2 heterocycles. The van der Waals surface area contributed by atoms with Crippen LogP contribution in [-0.4, -0.2) is 41.1 Å². The molecule has 0 aliphatic carbocycles. The van der Waals surface area contributed by atoms with Gasteiger partial charge < -0.3 is 20.7 Å². The van der Waals surface area contributed by atoms with Gasteiger partial charge >= 0.3 is 11.7 Å². The molecular formula is C23H35N5O5S. The van der Waals surface area contributed by atoms with Crippen molar-refractivity contribution in [3.05, 3.63) is 37.3 Å². The third-order valence-electron chi connectivity index (χ3n) is 4.88. The zero-order valence-corrected chi connectivity index (χ0v) is 21.5. The van der Waals surface area contributed by atoms with Crippen LogP contribution in [-0.2, 0) is 22.5 Å². The summed E-state index contributed by atoms with van der Waals surface area (Å²) in [5, 5.41) is 3.19. The Morgan fingerprint density at radius 1 is 1.21 bits per heavy atom. The zero-order valence-electron chi connectivity index (χ0n) is 20.7. The number of hydrogen-bond donors (Lipinski definition) is 3. The summed E-state index contributed by atoms with van der Waals surface area (Å²) in [7, 11) is 0. The van der Waals surface area contributed by atoms with Crippen molar-refractivity contribution in [1.29, 1.82) is 0 Å². The Balaban J connectivity index is 2.40. The van der Waals surface area contributed by atoms with Gasteiger partial charge in [-0.05, 0) is 31.2 Å². The van der Waals surface area contributed by atoms with Crippen LogP contribution >= 0.6 is 11.3 Å². The second kappa shape index (κ2) is 11.9. The number of rotatable bonds is 11. The van der Waals surface area contributed by atoms with Crippen molar-refractivity contribution in [3.63, 3.8) is 0 Å². The topological polar surface area (TPSA) is 140 Å². The number of anilines is 3. The van der Waals surface area contributed by atoms with Crippen LogP contribution < -0.4 is 27.2 Å². The highest BCUT2D eigenvalue weighted by atomic mass is 32.1. The molecule has 2 rings (SSSR count). The monoisotopic (exact) mass is 493 g/mol. The molecule has 1 amide bonds. The fourth-order valence-corrected chi connectivity index (χ4v) is 4.51. The number of thiophene rings is 1. The lowest BCUT2D eigenvalue weighted by Gasteiger charge is -2.27. The van der Waals surface area contributed by atoms with E-state index in [2.05, 4.69) is 10.3 Å². The molecule has 4 N–H and O–H groups in total. The van der Waals surface area contributed by atoms with Crippen molar-refractivity contribution < 1.29 is 14.3 Å². The van der Waals surface area contributed by atoms with E-state index in [0.29, 0.717) is 30.1 Å². The third-order valence-corrected chi connectivity index (χ3v) is 6.07. The minimum atomic E-state index is -0.646. The molecule has 2 aromatic heterocycles. The van der Waals surface area contributed by atoms with E-state index < -0.39 is 23.1 Å². The van der Waals surface area contributed by atoms with Crippen LogP contribution in [0.25, 0.3) is 0 Å². The van der Waals surface area contributed by atoms with Gasteiger partial charge in [0.15, 0.2) is 0 Å². The van der Waals surface area contributed by atoms with Crippen LogP contribution in [0.2, 0.25) is 0 Å². The quantitative estimate of drug-likeness (QED) is 0.409. The molecule has 0 atom stereocenters. The molecule has 10 nitrogen and oxygen atoms in total. The van der Waals surface area contributed by atoms with E-state index >= 15 is 0 Å². The molecule has 0 radical (unpaired) electrons. The second-order valence-electron chi connectivity index (χ2n) is 8.85. The minimum Gasteiger partial charge on any atom is -0.462 e. The highest BCUT2D eigenvalue weighted by Gasteiger charge is 2.24. The van der Waals surface area contributed by atoms with Crippen LogP contribution in [0.5, 0.6) is 0 Å². The summed E-state index contributed by atoms with van der Waals surface area (Å²) in [6.45, 7) is 12.2. The molecule has 0 saturated heterocycles. The zero-order chi connectivity index (χ0) is 25.6. The summed E-state index contributed by atoms with van der Waals surface area (Å²) in [4.78, 5) is 55.3. The van der Waals surface area contributed by atoms with E-state index in [-0.39, 0.29) is 36.5 Å². The normalized spacial score (nSPS) is 11.2. The molecule has 0 aliphatic rings. The van der Waals surface area contributed by atoms with Crippen LogP contribution in [0.4, 0.5) is 16.5 Å². The van der Waals surface area contributed by atoms with Gasteiger partial charge in [0.1, 0.15) is 16.5 Å². The number of amides is 1. The summed E-state index contributed by atoms with van der Waals surface area (Å²) in [6, 6.07) is 1.72. The van der Waals surface area contributed by atoms with Gasteiger partial charge in [-0.2, -0.15) is 0 Å². The lowest BCUT2D eigenvalue weighted by molar-refractivity contribution is -0.115. The van der Waals surface area contributed by atoms with Crippen LogP contribution in [0.3, 0.4) is 0 Å². The molecule has 0 fully saturated rings. The molecule has 0 unspecified atom stereocenters. The van der Waals surface area contributed by atoms with E-state index in [1.54, 1.807) is 17.9 Å². The number of nitrogens with zero attached hydrogens (tertiary/aromatic N) is 2. The second-order valence-corrected chi connectivity index (χ2v) is 9.99. The Kier molecular flexibility index (Phi) is 9.48. The standard InChI is InChI=1S/C23H35N5O5S/c1-7-15-9-16(22(31)33-8-2)21(34-15)25-17(29)12-27(10-13(3)4)18-19(24)28(11-14(5)6)23(32)26-20(18)30/h9,13-14H,7-8,10-12,24H2,1-6H3,(H,25,29)(H,26,30,32). The molecule has 11 heteroatoms. The predicted octanol–water partition coefficient (Wildman–Crippen LogP) is 2.68. The molecule has 0 aromatic carbocycles. The predicted molar refractivity (Wildman–Crippen MR) is 136 cm³/mol. The molecule has 0 saturated carbocycles. The average Bonchev–Trinajstić information content (AvgIpc) is 3.13. The van der Waals surface area contributed by atoms with Gasteiger partial charge in [-0.1, -0.05) is 34.6 Å². The van der Waals surface area contributed by atoms with E-state index in [1.165, 1.54) is 15.9 Å². The van der Waals surface area contributed by atoms with E-state index in [1.807, 2.05) is 34.6 Å². The number of carbonyl (C=O) groups is 2. The van der Waals surface area contributed by atoms with Gasteiger partial charge in [0.05, 0.1) is 18.7 Å². The molecule has 188 valence electrons. The lowest BCUT2D eigenvalue weighted by Crippen LogP contribution is -2.43. The fourth-order valence-electron chi connectivity index (χ4n) is 3.51. The molecule has 0 spiro atoms. The first-order valence-corrected chi connectivity index (χ1v) is 12.3. The molecular weight excluding hydrogens is 458 g/mol. The summed E-state index contributed by atoms with van der Waals surface area (Å²) < 4.78 is 6.43. The van der Waals surface area contributed by atoms with Crippen LogP contribution in [0, 0.1) is 11.8 Å². The number of ether oxygens (including phenoxy) is 1. The van der Waals surface area contributed by atoms with Crippen molar-refractivity contribution in [2.75, 3.05) is 35.6 Å². The van der Waals surface area contributed by atoms with E-state index in [9.17, 15) is 19.2 Å². The number of hydrogen-bond acceptors (Lipinski definition) is 8. The number of carbonyl (C=O) groups excluding carboxylic acids is 2. The number of aryl methyl sites for hydroxylation is 1. The number of esters is 1. The third kappa shape index (κ3) is 6.72. The Labute approximate surface area is 203 Å². The number of aromatic amines is 1. The first-order chi connectivity index (χ1) is 16.0. The molecule has 2 aromatic rings. The molecule has 0 bridgehead atoms. The summed E-state index contributed by atoms with van der Waals surface area (Å²) in [5.74, 6) is -0.688. The van der Waals surface area contributed by atoms with Gasteiger partial charge in [0, 0.05) is 18.0 Å². The van der Waals surface area contributed by atoms with Gasteiger partial charge in [0.25, 0.3) is 5.56 Å². The van der Waals surface area contributed by atoms with Crippen molar-refractivity contribution in [2.45, 2.75) is 54.5 Å². The van der Waals surface area contributed by atoms with Crippen LogP contribution in [0.15, 0.2) is 15.7 Å². The first-order valence-electron chi connectivity index (χ1n) is 11.5. The van der Waals surface area contributed by atoms with Crippen molar-refractivity contribution >= 4 is 39.7 Å². The average molecular weight is 494 g/mol. The largest absolute Gasteiger partial charge is 0.462 e. The van der Waals surface area contributed by atoms with Crippen molar-refractivity contribution in [2.24, 2.45) is 11.8 Å². The fraction of sp³-hybridized carbons (Fsp3) is 0.565. The maximum absolute atomic E-state index is 13.0. The Morgan fingerprint density at radius 3 is 2.44 bits per heavy atom. The Morgan fingerprint density at radius 2 is 1.88 bits per heavy atom. The van der Waals surface area contributed by atoms with Gasteiger partial charge in [0.2, 0.25) is 5.91 Å². The summed E-state index contributed by atoms with van der Waals surface area (Å²) in [5.41, 5.74) is 5.42. The first kappa shape index (κ1) is 27.2. The number of nitrogens with one attached hydrogen (secondary N) is 2. The number of H-pyrrole nitrogens is 1. The highest BCUT2D eigenvalue weighted by Crippen LogP contribution is 2.29. The van der Waals surface area contributed by atoms with Gasteiger partial charge in [-0.3, -0.25) is 19.1 Å². The Bertz CT molecular complexity index is 1130. The number of aromatic nitrogens is 2. The molecule has 0 aliphatic heterocycles. The summed E-state index contributed by atoms with van der Waals surface area (Å²) >= 11 is 1.31. The van der Waals surface area contributed by atoms with Crippen LogP contribution in [0.1, 0.15) is 56.8 Å². The van der Waals surface area contributed by atoms with E-state index in [0.717, 1.165) is 4.88 Å². The maximum Gasteiger partial charge on any atom is 0.341 e. The van der Waals surface area contributed by atoms with E-state index in [4.69, 9.17) is 10.5 Å². The SMILES string of the molecule is CCOC(=O)c1cc(CC)sc1NC(=O)CN(CC(C)C)c1c(N)n(CC(C)C)c(=O)[nH]c1=O. The Hall–Kier alpha value is -3.08. The number of nitrogens with two attached hydrogens (primary N) is 1. The van der Waals surface area contributed by atoms with Crippen molar-refractivity contribution in [3.8, 4) is 0 Å². The lowest BCUT2D eigenvalue weighted by atomic mass is 10.2.